The highest BCUT2D eigenvalue weighted by Gasteiger charge is 2.18. The van der Waals surface area contributed by atoms with E-state index in [1.54, 1.807) is 27.7 Å². The third-order valence-electron chi connectivity index (χ3n) is 2.99. The number of carbonyl (C=O) groups is 1. The number of carbonyl (C=O) groups excluding carboxylic acids is 1. The molecule has 6 heteroatoms. The quantitative estimate of drug-likeness (QED) is 0.775. The molecule has 0 bridgehead atoms. The number of anilines is 1. The molecule has 24 heavy (non-hydrogen) atoms. The molecule has 1 N–H and O–H groups in total. The number of nitrogens with one attached hydrogen (secondary N) is 1. The molecular weight excluding hydrogens is 327 g/mol. The molecule has 1 amide bonds. The molecule has 0 saturated carbocycles. The second-order valence-electron chi connectivity index (χ2n) is 6.31. The normalized spacial score (nSPS) is 11.2. The Bertz CT molecular complexity index is 715. The number of aryl methyl sites for hydroxylation is 1. The Morgan fingerprint density at radius 1 is 1.29 bits per heavy atom. The van der Waals surface area contributed by atoms with Gasteiger partial charge in [-0.3, -0.25) is 5.32 Å². The van der Waals surface area contributed by atoms with Crippen LogP contribution in [0.2, 0.25) is 0 Å². The smallest absolute Gasteiger partial charge is 0.412 e. The first-order valence-corrected chi connectivity index (χ1v) is 8.57. The van der Waals surface area contributed by atoms with E-state index in [4.69, 9.17) is 4.74 Å². The molecule has 0 fully saturated rings. The average molecular weight is 348 g/mol. The van der Waals surface area contributed by atoms with Crippen LogP contribution in [0, 0.1) is 12.7 Å². The van der Waals surface area contributed by atoms with Crippen molar-refractivity contribution >= 4 is 23.5 Å². The third kappa shape index (κ3) is 5.53. The summed E-state index contributed by atoms with van der Waals surface area (Å²) < 4.78 is 19.4. The van der Waals surface area contributed by atoms with Gasteiger partial charge in [-0.2, -0.15) is 0 Å². The summed E-state index contributed by atoms with van der Waals surface area (Å²) in [6, 6.07) is 11.1. The molecule has 1 aromatic carbocycles. The highest BCUT2D eigenvalue weighted by atomic mass is 32.2. The number of ether oxygens (including phenoxy) is 1. The summed E-state index contributed by atoms with van der Waals surface area (Å²) in [4.78, 5) is 16.1. The van der Waals surface area contributed by atoms with Gasteiger partial charge in [0.15, 0.2) is 5.82 Å². The van der Waals surface area contributed by atoms with Gasteiger partial charge in [0.2, 0.25) is 0 Å². The van der Waals surface area contributed by atoms with Crippen molar-refractivity contribution in [1.82, 2.24) is 4.98 Å². The van der Waals surface area contributed by atoms with Crippen LogP contribution in [0.15, 0.2) is 41.4 Å². The largest absolute Gasteiger partial charge is 0.444 e. The van der Waals surface area contributed by atoms with Gasteiger partial charge in [-0.25, -0.2) is 14.2 Å². The van der Waals surface area contributed by atoms with Crippen molar-refractivity contribution < 1.29 is 13.9 Å². The van der Waals surface area contributed by atoms with Crippen LogP contribution in [0.4, 0.5) is 14.9 Å². The van der Waals surface area contributed by atoms with Gasteiger partial charge in [-0.15, -0.1) is 0 Å². The summed E-state index contributed by atoms with van der Waals surface area (Å²) in [5.41, 5.74) is 1.33. The summed E-state index contributed by atoms with van der Waals surface area (Å²) in [5, 5.41) is 2.85. The van der Waals surface area contributed by atoms with E-state index >= 15 is 0 Å². The van der Waals surface area contributed by atoms with Crippen molar-refractivity contribution in [3.05, 3.63) is 53.5 Å². The maximum atomic E-state index is 14.2. The summed E-state index contributed by atoms with van der Waals surface area (Å²) in [6.07, 6.45) is -0.628. The van der Waals surface area contributed by atoms with Gasteiger partial charge < -0.3 is 4.74 Å². The zero-order valence-electron chi connectivity index (χ0n) is 14.2. The fourth-order valence-corrected chi connectivity index (χ4v) is 2.82. The lowest BCUT2D eigenvalue weighted by Crippen LogP contribution is -2.27. The van der Waals surface area contributed by atoms with Gasteiger partial charge >= 0.3 is 6.09 Å². The summed E-state index contributed by atoms with van der Waals surface area (Å²) in [6.45, 7) is 7.02. The number of rotatable bonds is 4. The Balaban J connectivity index is 2.06. The highest BCUT2D eigenvalue weighted by molar-refractivity contribution is 7.98. The van der Waals surface area contributed by atoms with Crippen LogP contribution in [0.25, 0.3) is 0 Å². The van der Waals surface area contributed by atoms with Gasteiger partial charge in [-0.05, 0) is 33.3 Å². The monoisotopic (exact) mass is 348 g/mol. The Labute approximate surface area is 145 Å². The molecule has 1 aromatic heterocycles. The van der Waals surface area contributed by atoms with Gasteiger partial charge in [0.05, 0.1) is 11.4 Å². The van der Waals surface area contributed by atoms with E-state index < -0.39 is 17.5 Å². The molecular formula is C18H21FN2O2S. The first-order valence-electron chi connectivity index (χ1n) is 7.58. The second kappa shape index (κ2) is 7.66. The molecule has 2 aromatic rings. The van der Waals surface area contributed by atoms with Crippen LogP contribution in [-0.2, 0) is 10.5 Å². The fourth-order valence-electron chi connectivity index (χ4n) is 1.93. The van der Waals surface area contributed by atoms with Crippen molar-refractivity contribution in [3.63, 3.8) is 0 Å². The van der Waals surface area contributed by atoms with Gasteiger partial charge in [-0.1, -0.05) is 42.1 Å². The first kappa shape index (κ1) is 18.3. The van der Waals surface area contributed by atoms with Crippen molar-refractivity contribution in [1.29, 1.82) is 0 Å². The predicted octanol–water partition coefficient (Wildman–Crippen LogP) is 5.17. The molecule has 1 heterocycles. The van der Waals surface area contributed by atoms with Gasteiger partial charge in [0.1, 0.15) is 10.6 Å². The van der Waals surface area contributed by atoms with Gasteiger partial charge in [0, 0.05) is 11.8 Å². The van der Waals surface area contributed by atoms with Crippen LogP contribution < -0.4 is 5.32 Å². The molecule has 0 spiro atoms. The lowest BCUT2D eigenvalue weighted by molar-refractivity contribution is 0.0635. The predicted molar refractivity (Wildman–Crippen MR) is 94.8 cm³/mol. The number of amides is 1. The zero-order chi connectivity index (χ0) is 17.7. The first-order chi connectivity index (χ1) is 11.2. The molecule has 0 aliphatic rings. The number of nitrogens with zero attached hydrogens (tertiary/aromatic N) is 1. The molecule has 128 valence electrons. The standard InChI is InChI=1S/C18H21FN2O2S/c1-12-15(21-17(22)23-18(2,3)4)10-14(19)16(20-12)24-11-13-8-6-5-7-9-13/h5-10H,11H2,1-4H3,(H,21,22). The molecule has 0 saturated heterocycles. The van der Waals surface area contributed by atoms with Crippen LogP contribution in [-0.4, -0.2) is 16.7 Å². The topological polar surface area (TPSA) is 51.2 Å². The van der Waals surface area contributed by atoms with E-state index in [1.165, 1.54) is 17.8 Å². The lowest BCUT2D eigenvalue weighted by Gasteiger charge is -2.20. The molecule has 4 nitrogen and oxygen atoms in total. The number of benzene rings is 1. The highest BCUT2D eigenvalue weighted by Crippen LogP contribution is 2.27. The maximum absolute atomic E-state index is 14.2. The Morgan fingerprint density at radius 3 is 2.58 bits per heavy atom. The Hall–Kier alpha value is -2.08. The zero-order valence-corrected chi connectivity index (χ0v) is 15.0. The molecule has 2 rings (SSSR count). The van der Waals surface area contributed by atoms with Crippen molar-refractivity contribution in [3.8, 4) is 0 Å². The van der Waals surface area contributed by atoms with E-state index in [0.717, 1.165) is 5.56 Å². The molecule has 0 radical (unpaired) electrons. The molecule has 0 unspecified atom stereocenters. The number of aromatic nitrogens is 1. The van der Waals surface area contributed by atoms with Crippen molar-refractivity contribution in [2.45, 2.75) is 44.1 Å². The van der Waals surface area contributed by atoms with Crippen molar-refractivity contribution in [2.75, 3.05) is 5.32 Å². The molecule has 0 atom stereocenters. The van der Waals surface area contributed by atoms with Crippen LogP contribution in [0.3, 0.4) is 0 Å². The summed E-state index contributed by atoms with van der Waals surface area (Å²) in [5.74, 6) is 0.163. The second-order valence-corrected chi connectivity index (χ2v) is 7.27. The maximum Gasteiger partial charge on any atom is 0.412 e. The average Bonchev–Trinajstić information content (AvgIpc) is 2.48. The number of thioether (sulfide) groups is 1. The van der Waals surface area contributed by atoms with Crippen molar-refractivity contribution in [2.24, 2.45) is 0 Å². The van der Waals surface area contributed by atoms with Gasteiger partial charge in [0.25, 0.3) is 0 Å². The summed E-state index contributed by atoms with van der Waals surface area (Å²) >= 11 is 1.32. The Morgan fingerprint density at radius 2 is 1.96 bits per heavy atom. The number of halogens is 1. The third-order valence-corrected chi connectivity index (χ3v) is 4.03. The van der Waals surface area contributed by atoms with E-state index in [0.29, 0.717) is 22.2 Å². The molecule has 0 aliphatic heterocycles. The van der Waals surface area contributed by atoms with Crippen LogP contribution in [0.5, 0.6) is 0 Å². The SMILES string of the molecule is Cc1nc(SCc2ccccc2)c(F)cc1NC(=O)OC(C)(C)C. The fraction of sp³-hybridized carbons (Fsp3) is 0.333. The lowest BCUT2D eigenvalue weighted by atomic mass is 10.2. The Kier molecular flexibility index (Phi) is 5.83. The number of hydrogen-bond donors (Lipinski definition) is 1. The number of hydrogen-bond acceptors (Lipinski definition) is 4. The minimum absolute atomic E-state index is 0.311. The minimum atomic E-state index is -0.628. The van der Waals surface area contributed by atoms with E-state index in [9.17, 15) is 9.18 Å². The van der Waals surface area contributed by atoms with Crippen LogP contribution >= 0.6 is 11.8 Å². The van der Waals surface area contributed by atoms with E-state index in [2.05, 4.69) is 10.3 Å². The van der Waals surface area contributed by atoms with E-state index in [1.807, 2.05) is 30.3 Å². The minimum Gasteiger partial charge on any atom is -0.444 e. The van der Waals surface area contributed by atoms with E-state index in [-0.39, 0.29) is 0 Å². The summed E-state index contributed by atoms with van der Waals surface area (Å²) in [7, 11) is 0. The number of pyridine rings is 1. The van der Waals surface area contributed by atoms with Crippen LogP contribution in [0.1, 0.15) is 32.0 Å². The molecule has 0 aliphatic carbocycles.